The van der Waals surface area contributed by atoms with Crippen LogP contribution in [0.1, 0.15) is 19.3 Å². The fourth-order valence-electron chi connectivity index (χ4n) is 2.82. The van der Waals surface area contributed by atoms with E-state index in [0.29, 0.717) is 11.8 Å². The van der Waals surface area contributed by atoms with Crippen LogP contribution in [0.5, 0.6) is 0 Å². The number of carbonyl (C=O) groups is 1. The molecule has 2 saturated heterocycles. The van der Waals surface area contributed by atoms with Gasteiger partial charge in [-0.2, -0.15) is 0 Å². The normalized spacial score (nSPS) is 22.1. The summed E-state index contributed by atoms with van der Waals surface area (Å²) < 4.78 is 0. The molecule has 0 aromatic heterocycles. The third-order valence-corrected chi connectivity index (χ3v) is 4.06. The maximum atomic E-state index is 12.2. The molecule has 2 rings (SSSR count). The zero-order valence-corrected chi connectivity index (χ0v) is 12.3. The summed E-state index contributed by atoms with van der Waals surface area (Å²) in [6, 6.07) is 0. The highest BCUT2D eigenvalue weighted by molar-refractivity contribution is 5.85. The van der Waals surface area contributed by atoms with Gasteiger partial charge in [-0.15, -0.1) is 12.4 Å². The Labute approximate surface area is 121 Å². The highest BCUT2D eigenvalue weighted by atomic mass is 35.5. The van der Waals surface area contributed by atoms with Gasteiger partial charge in [0.15, 0.2) is 0 Å². The van der Waals surface area contributed by atoms with E-state index in [1.807, 2.05) is 4.90 Å². The van der Waals surface area contributed by atoms with Crippen molar-refractivity contribution in [2.45, 2.75) is 19.3 Å². The molecule has 0 aromatic rings. The number of β-amino-alcohol motifs (C(OH)–C–C–N with tert-alkyl or cyclic N) is 1. The van der Waals surface area contributed by atoms with E-state index in [1.54, 1.807) is 0 Å². The summed E-state index contributed by atoms with van der Waals surface area (Å²) in [4.78, 5) is 16.4. The molecule has 0 radical (unpaired) electrons. The minimum absolute atomic E-state index is 0. The van der Waals surface area contributed by atoms with Crippen molar-refractivity contribution in [3.63, 3.8) is 0 Å². The SMILES string of the molecule is Cl.O=C(CC1CCNCC1)N1CCN(CCO)CC1. The van der Waals surface area contributed by atoms with E-state index in [2.05, 4.69) is 10.2 Å². The summed E-state index contributed by atoms with van der Waals surface area (Å²) >= 11 is 0. The Morgan fingerprint density at radius 2 is 1.79 bits per heavy atom. The van der Waals surface area contributed by atoms with Gasteiger partial charge in [0.1, 0.15) is 0 Å². The zero-order valence-electron chi connectivity index (χ0n) is 11.5. The Morgan fingerprint density at radius 1 is 1.16 bits per heavy atom. The average Bonchev–Trinajstić information content (AvgIpc) is 2.41. The molecule has 0 spiro atoms. The summed E-state index contributed by atoms with van der Waals surface area (Å²) in [5, 5.41) is 12.2. The summed E-state index contributed by atoms with van der Waals surface area (Å²) in [5.41, 5.74) is 0. The van der Waals surface area contributed by atoms with Crippen LogP contribution < -0.4 is 5.32 Å². The molecule has 0 bridgehead atoms. The minimum atomic E-state index is 0. The minimum Gasteiger partial charge on any atom is -0.395 e. The fraction of sp³-hybridized carbons (Fsp3) is 0.923. The summed E-state index contributed by atoms with van der Waals surface area (Å²) in [6.07, 6.45) is 2.99. The molecule has 0 aromatic carbocycles. The molecule has 2 N–H and O–H groups in total. The second kappa shape index (κ2) is 8.74. The van der Waals surface area contributed by atoms with Crippen LogP contribution in [0.3, 0.4) is 0 Å². The number of piperidine rings is 1. The van der Waals surface area contributed by atoms with E-state index >= 15 is 0 Å². The molecule has 0 unspecified atom stereocenters. The first-order valence-corrected chi connectivity index (χ1v) is 7.11. The lowest BCUT2D eigenvalue weighted by Gasteiger charge is -2.35. The van der Waals surface area contributed by atoms with E-state index < -0.39 is 0 Å². The number of nitrogens with one attached hydrogen (secondary N) is 1. The van der Waals surface area contributed by atoms with Crippen LogP contribution in [-0.4, -0.2) is 73.2 Å². The van der Waals surface area contributed by atoms with Crippen molar-refractivity contribution in [1.82, 2.24) is 15.1 Å². The lowest BCUT2D eigenvalue weighted by Crippen LogP contribution is -2.49. The summed E-state index contributed by atoms with van der Waals surface area (Å²) in [6.45, 7) is 6.51. The van der Waals surface area contributed by atoms with Gasteiger partial charge in [-0.05, 0) is 31.8 Å². The second-order valence-corrected chi connectivity index (χ2v) is 5.34. The Balaban J connectivity index is 0.00000180. The Morgan fingerprint density at radius 3 is 2.37 bits per heavy atom. The van der Waals surface area contributed by atoms with Crippen molar-refractivity contribution in [1.29, 1.82) is 0 Å². The number of halogens is 1. The first kappa shape index (κ1) is 16.7. The van der Waals surface area contributed by atoms with Gasteiger partial charge in [0.2, 0.25) is 5.91 Å². The van der Waals surface area contributed by atoms with Gasteiger partial charge >= 0.3 is 0 Å². The van der Waals surface area contributed by atoms with Gasteiger partial charge in [0, 0.05) is 39.1 Å². The predicted molar refractivity (Wildman–Crippen MR) is 77.6 cm³/mol. The molecule has 112 valence electrons. The van der Waals surface area contributed by atoms with Crippen LogP contribution in [0.25, 0.3) is 0 Å². The third kappa shape index (κ3) is 5.26. The predicted octanol–water partition coefficient (Wildman–Crippen LogP) is -0.0656. The number of hydrogen-bond acceptors (Lipinski definition) is 4. The molecule has 6 heteroatoms. The van der Waals surface area contributed by atoms with Crippen molar-refractivity contribution >= 4 is 18.3 Å². The first-order valence-electron chi connectivity index (χ1n) is 7.11. The van der Waals surface area contributed by atoms with Gasteiger partial charge < -0.3 is 15.3 Å². The van der Waals surface area contributed by atoms with E-state index in [9.17, 15) is 4.79 Å². The van der Waals surface area contributed by atoms with Crippen LogP contribution in [0, 0.1) is 5.92 Å². The highest BCUT2D eigenvalue weighted by Crippen LogP contribution is 2.17. The maximum Gasteiger partial charge on any atom is 0.222 e. The van der Waals surface area contributed by atoms with E-state index in [-0.39, 0.29) is 19.0 Å². The van der Waals surface area contributed by atoms with Gasteiger partial charge in [0.05, 0.1) is 6.61 Å². The highest BCUT2D eigenvalue weighted by Gasteiger charge is 2.23. The number of hydrogen-bond donors (Lipinski definition) is 2. The van der Waals surface area contributed by atoms with Gasteiger partial charge in [-0.1, -0.05) is 0 Å². The summed E-state index contributed by atoms with van der Waals surface area (Å²) in [5.74, 6) is 0.903. The number of aliphatic hydroxyl groups excluding tert-OH is 1. The van der Waals surface area contributed by atoms with Crippen LogP contribution in [0.15, 0.2) is 0 Å². The van der Waals surface area contributed by atoms with Crippen molar-refractivity contribution < 1.29 is 9.90 Å². The quantitative estimate of drug-likeness (QED) is 0.762. The van der Waals surface area contributed by atoms with Gasteiger partial charge in [-0.25, -0.2) is 0 Å². The number of amides is 1. The van der Waals surface area contributed by atoms with Crippen LogP contribution in [0.2, 0.25) is 0 Å². The lowest BCUT2D eigenvalue weighted by molar-refractivity contribution is -0.134. The monoisotopic (exact) mass is 291 g/mol. The molecular weight excluding hydrogens is 266 g/mol. The van der Waals surface area contributed by atoms with E-state index in [4.69, 9.17) is 5.11 Å². The molecule has 1 amide bonds. The number of rotatable bonds is 4. The smallest absolute Gasteiger partial charge is 0.222 e. The standard InChI is InChI=1S/C13H25N3O2.ClH/c17-10-9-15-5-7-16(8-6-15)13(18)11-12-1-3-14-4-2-12;/h12,14,17H,1-11H2;1H. The molecule has 0 atom stereocenters. The second-order valence-electron chi connectivity index (χ2n) is 5.34. The van der Waals surface area contributed by atoms with Crippen molar-refractivity contribution in [3.05, 3.63) is 0 Å². The molecule has 5 nitrogen and oxygen atoms in total. The Bertz CT molecular complexity index is 265. The Hall–Kier alpha value is -0.360. The molecule has 2 heterocycles. The molecule has 19 heavy (non-hydrogen) atoms. The maximum absolute atomic E-state index is 12.2. The topological polar surface area (TPSA) is 55.8 Å². The molecular formula is C13H26ClN3O2. The van der Waals surface area contributed by atoms with Gasteiger partial charge in [-0.3, -0.25) is 9.69 Å². The van der Waals surface area contributed by atoms with E-state index in [0.717, 1.165) is 65.1 Å². The molecule has 2 fully saturated rings. The van der Waals surface area contributed by atoms with Gasteiger partial charge in [0.25, 0.3) is 0 Å². The zero-order chi connectivity index (χ0) is 12.8. The fourth-order valence-corrected chi connectivity index (χ4v) is 2.82. The molecule has 2 aliphatic rings. The van der Waals surface area contributed by atoms with Crippen molar-refractivity contribution in [3.8, 4) is 0 Å². The lowest BCUT2D eigenvalue weighted by atomic mass is 9.94. The third-order valence-electron chi connectivity index (χ3n) is 4.06. The largest absolute Gasteiger partial charge is 0.395 e. The number of piperazine rings is 1. The summed E-state index contributed by atoms with van der Waals surface area (Å²) in [7, 11) is 0. The number of nitrogens with zero attached hydrogens (tertiary/aromatic N) is 2. The average molecular weight is 292 g/mol. The first-order chi connectivity index (χ1) is 8.79. The molecule has 2 aliphatic heterocycles. The number of carbonyl (C=O) groups excluding carboxylic acids is 1. The number of aliphatic hydroxyl groups is 1. The Kier molecular flexibility index (Phi) is 7.68. The van der Waals surface area contributed by atoms with Crippen molar-refractivity contribution in [2.75, 3.05) is 52.4 Å². The molecule has 0 aliphatic carbocycles. The van der Waals surface area contributed by atoms with Crippen LogP contribution in [-0.2, 0) is 4.79 Å². The van der Waals surface area contributed by atoms with Crippen LogP contribution in [0.4, 0.5) is 0 Å². The van der Waals surface area contributed by atoms with Crippen LogP contribution >= 0.6 is 12.4 Å². The van der Waals surface area contributed by atoms with E-state index in [1.165, 1.54) is 0 Å². The van der Waals surface area contributed by atoms with Crippen molar-refractivity contribution in [2.24, 2.45) is 5.92 Å². The molecule has 0 saturated carbocycles.